The van der Waals surface area contributed by atoms with Gasteiger partial charge in [-0.3, -0.25) is 9.97 Å². The van der Waals surface area contributed by atoms with Gasteiger partial charge in [-0.25, -0.2) is 4.68 Å². The molecule has 5 heteroatoms. The Bertz CT molecular complexity index is 646. The Labute approximate surface area is 109 Å². The lowest BCUT2D eigenvalue weighted by Crippen LogP contribution is -1.92. The highest BCUT2D eigenvalue weighted by Crippen LogP contribution is 2.18. The summed E-state index contributed by atoms with van der Waals surface area (Å²) in [4.78, 5) is 8.27. The molecule has 0 N–H and O–H groups in total. The van der Waals surface area contributed by atoms with E-state index in [0.29, 0.717) is 5.02 Å². The van der Waals surface area contributed by atoms with Crippen molar-refractivity contribution in [3.05, 3.63) is 60.3 Å². The second-order valence-electron chi connectivity index (χ2n) is 3.74. The van der Waals surface area contributed by atoms with E-state index >= 15 is 0 Å². The van der Waals surface area contributed by atoms with Crippen molar-refractivity contribution in [2.45, 2.75) is 0 Å². The van der Waals surface area contributed by atoms with Gasteiger partial charge >= 0.3 is 0 Å². The van der Waals surface area contributed by atoms with E-state index in [1.807, 2.05) is 30.5 Å². The predicted octanol–water partition coefficient (Wildman–Crippen LogP) is 2.98. The first-order valence-electron chi connectivity index (χ1n) is 5.40. The van der Waals surface area contributed by atoms with Gasteiger partial charge in [0.1, 0.15) is 0 Å². The van der Waals surface area contributed by atoms with Crippen LogP contribution in [0.4, 0.5) is 0 Å². The van der Waals surface area contributed by atoms with Crippen molar-refractivity contribution in [2.24, 2.45) is 0 Å². The Balaban J connectivity index is 1.97. The number of halogens is 1. The van der Waals surface area contributed by atoms with Crippen LogP contribution in [0.3, 0.4) is 0 Å². The van der Waals surface area contributed by atoms with Gasteiger partial charge in [0.2, 0.25) is 0 Å². The van der Waals surface area contributed by atoms with E-state index in [9.17, 15) is 0 Å². The molecular weight excluding hydrogens is 248 g/mol. The molecule has 88 valence electrons. The molecule has 0 aliphatic carbocycles. The molecule has 0 radical (unpaired) electrons. The average Bonchev–Trinajstić information content (AvgIpc) is 2.90. The van der Waals surface area contributed by atoms with Crippen LogP contribution in [0.2, 0.25) is 5.02 Å². The highest BCUT2D eigenvalue weighted by molar-refractivity contribution is 6.30. The van der Waals surface area contributed by atoms with Crippen molar-refractivity contribution in [1.29, 1.82) is 0 Å². The zero-order chi connectivity index (χ0) is 12.4. The maximum atomic E-state index is 5.85. The first-order chi connectivity index (χ1) is 8.83. The molecule has 0 fully saturated rings. The van der Waals surface area contributed by atoms with Crippen molar-refractivity contribution >= 4 is 11.6 Å². The minimum Gasteiger partial charge on any atom is -0.261 e. The van der Waals surface area contributed by atoms with Crippen LogP contribution >= 0.6 is 11.6 Å². The smallest absolute Gasteiger partial charge is 0.0916 e. The molecule has 3 aromatic rings. The van der Waals surface area contributed by atoms with E-state index < -0.39 is 0 Å². The highest BCUT2D eigenvalue weighted by Gasteiger charge is 2.04. The third-order valence-electron chi connectivity index (χ3n) is 2.53. The minimum absolute atomic E-state index is 0.708. The second kappa shape index (κ2) is 4.58. The molecule has 0 bridgehead atoms. The normalized spacial score (nSPS) is 10.5. The lowest BCUT2D eigenvalue weighted by atomic mass is 10.3. The van der Waals surface area contributed by atoms with Crippen molar-refractivity contribution in [3.8, 4) is 16.9 Å². The molecule has 2 heterocycles. The first-order valence-corrected chi connectivity index (χ1v) is 5.78. The number of rotatable bonds is 2. The lowest BCUT2D eigenvalue weighted by molar-refractivity contribution is 0.881. The third kappa shape index (κ3) is 2.10. The van der Waals surface area contributed by atoms with Crippen LogP contribution in [0.1, 0.15) is 0 Å². The van der Waals surface area contributed by atoms with E-state index in [2.05, 4.69) is 15.1 Å². The van der Waals surface area contributed by atoms with Gasteiger partial charge in [-0.05, 0) is 24.3 Å². The van der Waals surface area contributed by atoms with Crippen molar-refractivity contribution in [1.82, 2.24) is 19.7 Å². The Morgan fingerprint density at radius 1 is 1.00 bits per heavy atom. The minimum atomic E-state index is 0.708. The van der Waals surface area contributed by atoms with Crippen LogP contribution in [0.25, 0.3) is 16.9 Å². The molecule has 2 aromatic heterocycles. The standard InChI is InChI=1S/C13H9ClN4/c14-11-1-3-12(4-2-11)18-9-10(7-17-18)13-8-15-5-6-16-13/h1-9H. The number of hydrogen-bond donors (Lipinski definition) is 0. The summed E-state index contributed by atoms with van der Waals surface area (Å²) in [5.41, 5.74) is 2.69. The summed E-state index contributed by atoms with van der Waals surface area (Å²) in [6.07, 6.45) is 8.69. The van der Waals surface area contributed by atoms with Gasteiger partial charge in [-0.1, -0.05) is 11.6 Å². The third-order valence-corrected chi connectivity index (χ3v) is 2.78. The number of hydrogen-bond acceptors (Lipinski definition) is 3. The Hall–Kier alpha value is -2.20. The molecule has 0 spiro atoms. The van der Waals surface area contributed by atoms with Crippen LogP contribution in [0.5, 0.6) is 0 Å². The molecule has 3 rings (SSSR count). The Morgan fingerprint density at radius 2 is 1.83 bits per heavy atom. The summed E-state index contributed by atoms with van der Waals surface area (Å²) < 4.78 is 1.78. The molecule has 0 amide bonds. The largest absolute Gasteiger partial charge is 0.261 e. The van der Waals surface area contributed by atoms with Gasteiger partial charge in [0, 0.05) is 29.2 Å². The summed E-state index contributed by atoms with van der Waals surface area (Å²) in [7, 11) is 0. The Morgan fingerprint density at radius 3 is 2.56 bits per heavy atom. The van der Waals surface area contributed by atoms with Crippen LogP contribution in [-0.4, -0.2) is 19.7 Å². The van der Waals surface area contributed by atoms with E-state index in [4.69, 9.17) is 11.6 Å². The lowest BCUT2D eigenvalue weighted by Gasteiger charge is -2.00. The van der Waals surface area contributed by atoms with Crippen LogP contribution in [0.15, 0.2) is 55.2 Å². The monoisotopic (exact) mass is 256 g/mol. The van der Waals surface area contributed by atoms with Gasteiger partial charge in [0.25, 0.3) is 0 Å². The SMILES string of the molecule is Clc1ccc(-n2cc(-c3cnccn3)cn2)cc1. The molecule has 0 aliphatic rings. The van der Waals surface area contributed by atoms with Crippen LogP contribution < -0.4 is 0 Å². The van der Waals surface area contributed by atoms with Crippen molar-refractivity contribution in [2.75, 3.05) is 0 Å². The highest BCUT2D eigenvalue weighted by atomic mass is 35.5. The maximum absolute atomic E-state index is 5.85. The van der Waals surface area contributed by atoms with Gasteiger partial charge in [-0.15, -0.1) is 0 Å². The summed E-state index contributed by atoms with van der Waals surface area (Å²) >= 11 is 5.85. The molecule has 18 heavy (non-hydrogen) atoms. The molecule has 0 unspecified atom stereocenters. The fraction of sp³-hybridized carbons (Fsp3) is 0. The quantitative estimate of drug-likeness (QED) is 0.708. The number of nitrogens with zero attached hydrogens (tertiary/aromatic N) is 4. The topological polar surface area (TPSA) is 43.6 Å². The molecular formula is C13H9ClN4. The molecule has 4 nitrogen and oxygen atoms in total. The van der Waals surface area contributed by atoms with E-state index in [-0.39, 0.29) is 0 Å². The van der Waals surface area contributed by atoms with Crippen LogP contribution in [-0.2, 0) is 0 Å². The predicted molar refractivity (Wildman–Crippen MR) is 69.6 cm³/mol. The molecule has 1 aromatic carbocycles. The van der Waals surface area contributed by atoms with Gasteiger partial charge < -0.3 is 0 Å². The Kier molecular flexibility index (Phi) is 2.78. The van der Waals surface area contributed by atoms with Gasteiger partial charge in [0.05, 0.1) is 23.8 Å². The second-order valence-corrected chi connectivity index (χ2v) is 4.18. The summed E-state index contributed by atoms with van der Waals surface area (Å²) in [6.45, 7) is 0. The fourth-order valence-electron chi connectivity index (χ4n) is 1.64. The zero-order valence-electron chi connectivity index (χ0n) is 9.36. The van der Waals surface area contributed by atoms with E-state index in [1.165, 1.54) is 0 Å². The van der Waals surface area contributed by atoms with Crippen molar-refractivity contribution < 1.29 is 0 Å². The van der Waals surface area contributed by atoms with E-state index in [1.54, 1.807) is 29.5 Å². The number of aromatic nitrogens is 4. The number of benzene rings is 1. The molecule has 0 saturated carbocycles. The van der Waals surface area contributed by atoms with E-state index in [0.717, 1.165) is 16.9 Å². The van der Waals surface area contributed by atoms with Gasteiger partial charge in [-0.2, -0.15) is 5.10 Å². The van der Waals surface area contributed by atoms with Crippen molar-refractivity contribution in [3.63, 3.8) is 0 Å². The summed E-state index contributed by atoms with van der Waals surface area (Å²) in [5, 5.41) is 5.01. The molecule has 0 atom stereocenters. The molecule has 0 aliphatic heterocycles. The summed E-state index contributed by atoms with van der Waals surface area (Å²) in [6, 6.07) is 7.49. The average molecular weight is 257 g/mol. The summed E-state index contributed by atoms with van der Waals surface area (Å²) in [5.74, 6) is 0. The fourth-order valence-corrected chi connectivity index (χ4v) is 1.76. The first kappa shape index (κ1) is 10.9. The zero-order valence-corrected chi connectivity index (χ0v) is 10.1. The van der Waals surface area contributed by atoms with Gasteiger partial charge in [0.15, 0.2) is 0 Å². The van der Waals surface area contributed by atoms with Crippen LogP contribution in [0, 0.1) is 0 Å². The maximum Gasteiger partial charge on any atom is 0.0916 e. The molecule has 0 saturated heterocycles.